The summed E-state index contributed by atoms with van der Waals surface area (Å²) >= 11 is 0. The van der Waals surface area contributed by atoms with E-state index in [1.165, 1.54) is 32.6 Å². The first kappa shape index (κ1) is 15.1. The van der Waals surface area contributed by atoms with Gasteiger partial charge in [-0.2, -0.15) is 12.8 Å². The lowest BCUT2D eigenvalue weighted by atomic mass is 10.2. The SMILES string of the molecule is COc1ccc(OC)c(/C=N\S(=O)(=O)c2ccccc2)c1. The molecule has 0 spiro atoms. The number of benzene rings is 2. The summed E-state index contributed by atoms with van der Waals surface area (Å²) in [7, 11) is -0.694. The Morgan fingerprint density at radius 3 is 2.33 bits per heavy atom. The van der Waals surface area contributed by atoms with Crippen molar-refractivity contribution in [3.05, 3.63) is 54.1 Å². The van der Waals surface area contributed by atoms with Crippen LogP contribution >= 0.6 is 0 Å². The molecule has 6 heteroatoms. The van der Waals surface area contributed by atoms with Gasteiger partial charge in [-0.25, -0.2) is 0 Å². The largest absolute Gasteiger partial charge is 0.497 e. The Labute approximate surface area is 123 Å². The Hall–Kier alpha value is -2.34. The third-order valence-corrected chi connectivity index (χ3v) is 4.06. The number of sulfonamides is 1. The summed E-state index contributed by atoms with van der Waals surface area (Å²) in [6.07, 6.45) is 1.25. The zero-order chi connectivity index (χ0) is 15.3. The van der Waals surface area contributed by atoms with Crippen molar-refractivity contribution in [2.75, 3.05) is 14.2 Å². The fourth-order valence-corrected chi connectivity index (χ4v) is 2.59. The van der Waals surface area contributed by atoms with Crippen LogP contribution in [0.3, 0.4) is 0 Å². The minimum atomic E-state index is -3.73. The van der Waals surface area contributed by atoms with Crippen LogP contribution < -0.4 is 9.47 Å². The van der Waals surface area contributed by atoms with Crippen molar-refractivity contribution < 1.29 is 17.9 Å². The van der Waals surface area contributed by atoms with Crippen LogP contribution in [0.25, 0.3) is 0 Å². The molecule has 0 saturated heterocycles. The average Bonchev–Trinajstić information content (AvgIpc) is 2.53. The maximum Gasteiger partial charge on any atom is 0.282 e. The van der Waals surface area contributed by atoms with E-state index in [9.17, 15) is 8.42 Å². The Balaban J connectivity index is 2.37. The molecule has 0 N–H and O–H groups in total. The highest BCUT2D eigenvalue weighted by Crippen LogP contribution is 2.23. The number of hydrogen-bond donors (Lipinski definition) is 0. The molecule has 2 aromatic carbocycles. The zero-order valence-corrected chi connectivity index (χ0v) is 12.5. The number of rotatable bonds is 5. The van der Waals surface area contributed by atoms with E-state index < -0.39 is 10.0 Å². The van der Waals surface area contributed by atoms with Gasteiger partial charge in [-0.05, 0) is 30.3 Å². The van der Waals surface area contributed by atoms with Crippen molar-refractivity contribution in [2.45, 2.75) is 4.90 Å². The average molecular weight is 305 g/mol. The van der Waals surface area contributed by atoms with E-state index in [2.05, 4.69) is 4.40 Å². The van der Waals surface area contributed by atoms with Crippen molar-refractivity contribution in [1.82, 2.24) is 0 Å². The van der Waals surface area contributed by atoms with Gasteiger partial charge < -0.3 is 9.47 Å². The number of hydrogen-bond acceptors (Lipinski definition) is 4. The standard InChI is InChI=1S/C15H15NO4S/c1-19-13-8-9-15(20-2)12(10-13)11-16-21(17,18)14-6-4-3-5-7-14/h3-11H,1-2H3/b16-11-. The first-order chi connectivity index (χ1) is 10.1. The lowest BCUT2D eigenvalue weighted by molar-refractivity contribution is 0.402. The van der Waals surface area contributed by atoms with Gasteiger partial charge in [0.15, 0.2) is 0 Å². The molecule has 0 amide bonds. The lowest BCUT2D eigenvalue weighted by Crippen LogP contribution is -1.99. The Kier molecular flexibility index (Phi) is 4.59. The van der Waals surface area contributed by atoms with E-state index in [-0.39, 0.29) is 4.90 Å². The molecular formula is C15H15NO4S. The highest BCUT2D eigenvalue weighted by molar-refractivity contribution is 7.90. The lowest BCUT2D eigenvalue weighted by Gasteiger charge is -2.06. The fraction of sp³-hybridized carbons (Fsp3) is 0.133. The van der Waals surface area contributed by atoms with Crippen molar-refractivity contribution in [2.24, 2.45) is 4.40 Å². The first-order valence-electron chi connectivity index (χ1n) is 6.14. The smallest absolute Gasteiger partial charge is 0.282 e. The molecule has 21 heavy (non-hydrogen) atoms. The van der Waals surface area contributed by atoms with E-state index in [0.29, 0.717) is 17.1 Å². The van der Waals surface area contributed by atoms with Crippen molar-refractivity contribution >= 4 is 16.2 Å². The zero-order valence-electron chi connectivity index (χ0n) is 11.7. The molecule has 0 aliphatic carbocycles. The predicted octanol–water partition coefficient (Wildman–Crippen LogP) is 2.51. The fourth-order valence-electron chi connectivity index (χ4n) is 1.72. The summed E-state index contributed by atoms with van der Waals surface area (Å²) in [5.41, 5.74) is 0.524. The maximum absolute atomic E-state index is 12.1. The van der Waals surface area contributed by atoms with Gasteiger partial charge in [-0.15, -0.1) is 0 Å². The number of ether oxygens (including phenoxy) is 2. The quantitative estimate of drug-likeness (QED) is 0.796. The van der Waals surface area contributed by atoms with Gasteiger partial charge in [0.2, 0.25) is 0 Å². The topological polar surface area (TPSA) is 65.0 Å². The second-order valence-electron chi connectivity index (χ2n) is 4.13. The van der Waals surface area contributed by atoms with E-state index in [1.807, 2.05) is 0 Å². The highest BCUT2D eigenvalue weighted by atomic mass is 32.2. The van der Waals surface area contributed by atoms with Gasteiger partial charge in [0.25, 0.3) is 10.0 Å². The molecule has 5 nitrogen and oxygen atoms in total. The molecule has 0 aromatic heterocycles. The number of methoxy groups -OCH3 is 2. The summed E-state index contributed by atoms with van der Waals surface area (Å²) in [4.78, 5) is 0.142. The maximum atomic E-state index is 12.1. The van der Waals surface area contributed by atoms with Crippen LogP contribution in [0.15, 0.2) is 57.8 Å². The summed E-state index contributed by atoms with van der Waals surface area (Å²) in [5, 5.41) is 0. The van der Waals surface area contributed by atoms with E-state index in [0.717, 1.165) is 0 Å². The van der Waals surface area contributed by atoms with Crippen LogP contribution in [0.5, 0.6) is 11.5 Å². The summed E-state index contributed by atoms with van der Waals surface area (Å²) in [6, 6.07) is 13.1. The molecule has 110 valence electrons. The Bertz CT molecular complexity index is 740. The van der Waals surface area contributed by atoms with E-state index in [4.69, 9.17) is 9.47 Å². The Morgan fingerprint density at radius 2 is 1.71 bits per heavy atom. The van der Waals surface area contributed by atoms with Gasteiger partial charge in [0.05, 0.1) is 25.3 Å². The number of nitrogens with zero attached hydrogens (tertiary/aromatic N) is 1. The molecule has 0 unspecified atom stereocenters. The normalized spacial score (nSPS) is 11.5. The highest BCUT2D eigenvalue weighted by Gasteiger charge is 2.11. The molecular weight excluding hydrogens is 290 g/mol. The van der Waals surface area contributed by atoms with Crippen LogP contribution in [0.2, 0.25) is 0 Å². The van der Waals surface area contributed by atoms with Gasteiger partial charge in [-0.1, -0.05) is 18.2 Å². The van der Waals surface area contributed by atoms with Gasteiger partial charge in [0.1, 0.15) is 11.5 Å². The van der Waals surface area contributed by atoms with Gasteiger partial charge in [0, 0.05) is 5.56 Å². The van der Waals surface area contributed by atoms with Crippen LogP contribution in [-0.4, -0.2) is 28.9 Å². The van der Waals surface area contributed by atoms with Gasteiger partial charge >= 0.3 is 0 Å². The van der Waals surface area contributed by atoms with E-state index >= 15 is 0 Å². The second-order valence-corrected chi connectivity index (χ2v) is 5.76. The second kappa shape index (κ2) is 6.41. The van der Waals surface area contributed by atoms with Crippen molar-refractivity contribution in [3.63, 3.8) is 0 Å². The van der Waals surface area contributed by atoms with Crippen LogP contribution in [0.1, 0.15) is 5.56 Å². The van der Waals surface area contributed by atoms with Crippen LogP contribution in [-0.2, 0) is 10.0 Å². The molecule has 0 heterocycles. The molecule has 0 saturated carbocycles. The third kappa shape index (κ3) is 3.61. The van der Waals surface area contributed by atoms with Crippen molar-refractivity contribution in [3.8, 4) is 11.5 Å². The molecule has 0 fully saturated rings. The molecule has 0 aliphatic heterocycles. The van der Waals surface area contributed by atoms with Crippen molar-refractivity contribution in [1.29, 1.82) is 0 Å². The summed E-state index contributed by atoms with van der Waals surface area (Å²) < 4.78 is 38.1. The summed E-state index contributed by atoms with van der Waals surface area (Å²) in [5.74, 6) is 1.11. The molecule has 0 aliphatic rings. The molecule has 0 atom stereocenters. The predicted molar refractivity (Wildman–Crippen MR) is 80.8 cm³/mol. The van der Waals surface area contributed by atoms with Crippen LogP contribution in [0.4, 0.5) is 0 Å². The molecule has 2 aromatic rings. The van der Waals surface area contributed by atoms with Crippen LogP contribution in [0, 0.1) is 0 Å². The summed E-state index contributed by atoms with van der Waals surface area (Å²) in [6.45, 7) is 0. The molecule has 0 radical (unpaired) electrons. The third-order valence-electron chi connectivity index (χ3n) is 2.81. The minimum Gasteiger partial charge on any atom is -0.497 e. The molecule has 2 rings (SSSR count). The molecule has 0 bridgehead atoms. The van der Waals surface area contributed by atoms with Gasteiger partial charge in [-0.3, -0.25) is 0 Å². The minimum absolute atomic E-state index is 0.142. The van der Waals surface area contributed by atoms with E-state index in [1.54, 1.807) is 36.4 Å². The first-order valence-corrected chi connectivity index (χ1v) is 7.58. The Morgan fingerprint density at radius 1 is 1.00 bits per heavy atom. The monoisotopic (exact) mass is 305 g/mol.